The van der Waals surface area contributed by atoms with Crippen LogP contribution in [0.3, 0.4) is 0 Å². The third kappa shape index (κ3) is 7.06. The summed E-state index contributed by atoms with van der Waals surface area (Å²) in [4.78, 5) is 48.0. The molecule has 3 heterocycles. The van der Waals surface area contributed by atoms with E-state index < -0.39 is 39.7 Å². The topological polar surface area (TPSA) is 143 Å². The molecule has 47 heavy (non-hydrogen) atoms. The maximum atomic E-state index is 14.1. The minimum Gasteiger partial charge on any atom is -0.459 e. The van der Waals surface area contributed by atoms with E-state index in [1.807, 2.05) is 31.2 Å². The maximum Gasteiger partial charge on any atom is 0.303 e. The molecule has 3 aliphatic rings. The maximum absolute atomic E-state index is 14.1. The molecule has 2 fully saturated rings. The van der Waals surface area contributed by atoms with Gasteiger partial charge in [0, 0.05) is 38.4 Å². The van der Waals surface area contributed by atoms with E-state index in [-0.39, 0.29) is 49.1 Å². The molecule has 258 valence electrons. The number of hydrogen-bond acceptors (Lipinski definition) is 7. The number of ether oxygens (including phenoxy) is 1. The molecule has 1 saturated heterocycles. The van der Waals surface area contributed by atoms with E-state index in [2.05, 4.69) is 48.4 Å². The molecule has 12 nitrogen and oxygen atoms in total. The first-order chi connectivity index (χ1) is 22.2. The highest BCUT2D eigenvalue weighted by Gasteiger charge is 2.61. The second-order valence-electron chi connectivity index (χ2n) is 14.2. The van der Waals surface area contributed by atoms with Crippen molar-refractivity contribution in [1.29, 1.82) is 0 Å². The number of allylic oxidation sites excluding steroid dienone is 1. The predicted molar refractivity (Wildman–Crippen MR) is 180 cm³/mol. The molecule has 2 aromatic rings. The molecule has 13 heteroatoms. The molecule has 2 N–H and O–H groups in total. The molecule has 2 aliphatic heterocycles. The Labute approximate surface area is 278 Å². The quantitative estimate of drug-likeness (QED) is 0.424. The van der Waals surface area contributed by atoms with Crippen LogP contribution in [0.2, 0.25) is 0 Å². The number of fused-ring (bicyclic) bond motifs is 3. The average molecular weight is 671 g/mol. The molecule has 1 aromatic carbocycles. The lowest BCUT2D eigenvalue weighted by molar-refractivity contribution is -0.142. The molecule has 0 spiro atoms. The van der Waals surface area contributed by atoms with Gasteiger partial charge in [-0.3, -0.25) is 19.0 Å². The SMILES string of the molecule is CC(C)c1cccc2nc(O[C@@H]3C[C@H]4C(=O)N[C@]5(C(=O)NS(=O)(=O)N(C)C)C[C@H]5/C=C\CCCCC[C@H](C)C(=O)N4C3)n(C(C)C)c12. The second-order valence-corrected chi connectivity index (χ2v) is 16.1. The molecule has 5 atom stereocenters. The Morgan fingerprint density at radius 3 is 2.57 bits per heavy atom. The first-order valence-electron chi connectivity index (χ1n) is 16.9. The number of aromatic nitrogens is 2. The summed E-state index contributed by atoms with van der Waals surface area (Å²) in [5.74, 6) is -1.82. The van der Waals surface area contributed by atoms with Gasteiger partial charge in [0.2, 0.25) is 11.8 Å². The number of para-hydroxylation sites is 1. The molecule has 3 amide bonds. The molecular formula is C34H50N6O6S. The highest BCUT2D eigenvalue weighted by molar-refractivity contribution is 7.87. The van der Waals surface area contributed by atoms with Gasteiger partial charge < -0.3 is 15.0 Å². The van der Waals surface area contributed by atoms with Crippen molar-refractivity contribution < 1.29 is 27.5 Å². The first kappa shape index (κ1) is 34.9. The number of hydrogen-bond donors (Lipinski definition) is 2. The summed E-state index contributed by atoms with van der Waals surface area (Å²) in [6.07, 6.45) is 8.12. The van der Waals surface area contributed by atoms with E-state index in [0.717, 1.165) is 46.6 Å². The van der Waals surface area contributed by atoms with Gasteiger partial charge >= 0.3 is 10.2 Å². The first-order valence-corrected chi connectivity index (χ1v) is 18.3. The third-order valence-corrected chi connectivity index (χ3v) is 11.1. The normalized spacial score (nSPS) is 28.1. The zero-order chi connectivity index (χ0) is 34.3. The van der Waals surface area contributed by atoms with Crippen molar-refractivity contribution in [2.75, 3.05) is 20.6 Å². The monoisotopic (exact) mass is 670 g/mol. The summed E-state index contributed by atoms with van der Waals surface area (Å²) in [6.45, 7) is 10.5. The average Bonchev–Trinajstić information content (AvgIpc) is 3.33. The van der Waals surface area contributed by atoms with Crippen LogP contribution >= 0.6 is 0 Å². The number of carbonyl (C=O) groups excluding carboxylic acids is 3. The molecule has 0 bridgehead atoms. The van der Waals surface area contributed by atoms with Crippen molar-refractivity contribution in [2.45, 2.75) is 109 Å². The standard InChI is InChI=1S/C34H50N6O6S/c1-21(2)26-16-13-17-27-29(26)40(22(3)4)33(35-27)46-25-18-28-30(41)36-34(32(43)37-47(44,45)38(6)7)19-24(34)15-12-10-8-9-11-14-23(5)31(42)39(28)20-25/h12-13,15-17,21-25,28H,8-11,14,18-20H2,1-7H3,(H,36,41)(H,37,43)/b15-12-/t23-,24+,25+,28-,34+/m0/s1. The number of nitrogens with zero attached hydrogens (tertiary/aromatic N) is 4. The van der Waals surface area contributed by atoms with Gasteiger partial charge in [-0.05, 0) is 57.1 Å². The lowest BCUT2D eigenvalue weighted by Gasteiger charge is -2.28. The van der Waals surface area contributed by atoms with Crippen LogP contribution in [0, 0.1) is 11.8 Å². The molecule has 1 aliphatic carbocycles. The molecule has 1 aromatic heterocycles. The van der Waals surface area contributed by atoms with Gasteiger partial charge in [-0.15, -0.1) is 0 Å². The number of amides is 3. The van der Waals surface area contributed by atoms with Crippen LogP contribution < -0.4 is 14.8 Å². The van der Waals surface area contributed by atoms with E-state index in [1.54, 1.807) is 4.90 Å². The molecular weight excluding hydrogens is 620 g/mol. The minimum atomic E-state index is -4.08. The van der Waals surface area contributed by atoms with Crippen molar-refractivity contribution in [3.05, 3.63) is 35.9 Å². The largest absolute Gasteiger partial charge is 0.459 e. The molecule has 0 unspecified atom stereocenters. The van der Waals surface area contributed by atoms with Gasteiger partial charge in [0.1, 0.15) is 17.7 Å². The fourth-order valence-corrected chi connectivity index (χ4v) is 7.45. The van der Waals surface area contributed by atoms with Crippen molar-refractivity contribution in [3.8, 4) is 6.01 Å². The van der Waals surface area contributed by atoms with Gasteiger partial charge in [0.05, 0.1) is 17.6 Å². The number of imidazole rings is 1. The number of benzene rings is 1. The summed E-state index contributed by atoms with van der Waals surface area (Å²) >= 11 is 0. The molecule has 5 rings (SSSR count). The third-order valence-electron chi connectivity index (χ3n) is 9.73. The van der Waals surface area contributed by atoms with Gasteiger partial charge in [-0.25, -0.2) is 4.72 Å². The van der Waals surface area contributed by atoms with Crippen LogP contribution in [-0.2, 0) is 24.6 Å². The van der Waals surface area contributed by atoms with E-state index in [0.29, 0.717) is 12.4 Å². The van der Waals surface area contributed by atoms with Gasteiger partial charge in [-0.1, -0.05) is 57.9 Å². The van der Waals surface area contributed by atoms with E-state index >= 15 is 0 Å². The van der Waals surface area contributed by atoms with Gasteiger partial charge in [0.25, 0.3) is 11.9 Å². The van der Waals surface area contributed by atoms with Crippen LogP contribution in [0.5, 0.6) is 6.01 Å². The second kappa shape index (κ2) is 13.6. The van der Waals surface area contributed by atoms with Crippen molar-refractivity contribution >= 4 is 39.0 Å². The zero-order valence-electron chi connectivity index (χ0n) is 28.7. The number of rotatable bonds is 7. The van der Waals surface area contributed by atoms with Crippen LogP contribution in [0.1, 0.15) is 97.1 Å². The smallest absolute Gasteiger partial charge is 0.303 e. The Bertz CT molecular complexity index is 1650. The van der Waals surface area contributed by atoms with Crippen LogP contribution in [0.25, 0.3) is 11.0 Å². The Hall–Kier alpha value is -3.45. The van der Waals surface area contributed by atoms with Crippen molar-refractivity contribution in [2.24, 2.45) is 11.8 Å². The Morgan fingerprint density at radius 2 is 1.89 bits per heavy atom. The fraction of sp³-hybridized carbons (Fsp3) is 0.647. The lowest BCUT2D eigenvalue weighted by Crippen LogP contribution is -2.57. The Morgan fingerprint density at radius 1 is 1.15 bits per heavy atom. The van der Waals surface area contributed by atoms with E-state index in [1.165, 1.54) is 14.1 Å². The zero-order valence-corrected chi connectivity index (χ0v) is 29.5. The Kier molecular flexibility index (Phi) is 10.1. The molecule has 0 radical (unpaired) electrons. The van der Waals surface area contributed by atoms with Crippen LogP contribution in [-0.4, -0.2) is 83.2 Å². The summed E-state index contributed by atoms with van der Waals surface area (Å²) in [6, 6.07) is 5.64. The number of carbonyl (C=O) groups is 3. The molecule has 1 saturated carbocycles. The van der Waals surface area contributed by atoms with E-state index in [4.69, 9.17) is 9.72 Å². The fourth-order valence-electron chi connectivity index (χ4n) is 6.85. The van der Waals surface area contributed by atoms with Crippen LogP contribution in [0.4, 0.5) is 0 Å². The predicted octanol–water partition coefficient (Wildman–Crippen LogP) is 4.04. The minimum absolute atomic E-state index is 0.0448. The Balaban J connectivity index is 1.46. The van der Waals surface area contributed by atoms with Gasteiger partial charge in [-0.2, -0.15) is 17.7 Å². The van der Waals surface area contributed by atoms with Crippen LogP contribution in [0.15, 0.2) is 30.4 Å². The highest BCUT2D eigenvalue weighted by atomic mass is 32.2. The van der Waals surface area contributed by atoms with Crippen molar-refractivity contribution in [3.63, 3.8) is 0 Å². The summed E-state index contributed by atoms with van der Waals surface area (Å²) < 4.78 is 36.9. The summed E-state index contributed by atoms with van der Waals surface area (Å²) in [5, 5.41) is 2.91. The number of nitrogens with one attached hydrogen (secondary N) is 2. The lowest BCUT2D eigenvalue weighted by atomic mass is 10.0. The summed E-state index contributed by atoms with van der Waals surface area (Å²) in [7, 11) is -1.43. The summed E-state index contributed by atoms with van der Waals surface area (Å²) in [5.41, 5.74) is 1.56. The van der Waals surface area contributed by atoms with E-state index in [9.17, 15) is 22.8 Å². The highest BCUT2D eigenvalue weighted by Crippen LogP contribution is 2.46. The van der Waals surface area contributed by atoms with Gasteiger partial charge in [0.15, 0.2) is 0 Å². The van der Waals surface area contributed by atoms with Crippen molar-refractivity contribution in [1.82, 2.24) is 28.8 Å².